The Morgan fingerprint density at radius 2 is 2.08 bits per heavy atom. The molecule has 1 amide bonds. The van der Waals surface area contributed by atoms with E-state index in [9.17, 15) is 4.79 Å². The minimum atomic E-state index is -0.891. The highest BCUT2D eigenvalue weighted by molar-refractivity contribution is 7.81. The lowest BCUT2D eigenvalue weighted by atomic mass is 10.1. The number of thiazole rings is 1. The minimum Gasteiger partial charge on any atom is -0.395 e. The van der Waals surface area contributed by atoms with E-state index >= 15 is 0 Å². The number of aliphatic hydroxyl groups is 2. The van der Waals surface area contributed by atoms with Crippen LogP contribution in [0.5, 0.6) is 0 Å². The van der Waals surface area contributed by atoms with E-state index in [4.69, 9.17) is 21.8 Å². The number of halogens is 1. The predicted octanol–water partition coefficient (Wildman–Crippen LogP) is 2.20. The van der Waals surface area contributed by atoms with E-state index in [1.54, 1.807) is 24.4 Å². The molecule has 8 nitrogen and oxygen atoms in total. The first kappa shape index (κ1) is 18.8. The van der Waals surface area contributed by atoms with Gasteiger partial charge in [0.1, 0.15) is 10.3 Å². The molecule has 0 aliphatic carbocycles. The summed E-state index contributed by atoms with van der Waals surface area (Å²) in [5.74, 6) is -1.39. The van der Waals surface area contributed by atoms with Crippen LogP contribution in [0.15, 0.2) is 24.4 Å². The van der Waals surface area contributed by atoms with Gasteiger partial charge in [-0.2, -0.15) is 0 Å². The van der Waals surface area contributed by atoms with Crippen LogP contribution < -0.4 is 10.0 Å². The van der Waals surface area contributed by atoms with Crippen LogP contribution in [0.4, 0.5) is 10.8 Å². The van der Waals surface area contributed by atoms with E-state index in [2.05, 4.69) is 37.8 Å². The van der Waals surface area contributed by atoms with Crippen LogP contribution in [-0.4, -0.2) is 44.3 Å². The van der Waals surface area contributed by atoms with Crippen molar-refractivity contribution >= 4 is 62.8 Å². The Bertz CT molecular complexity index is 948. The Balaban J connectivity index is 1.89. The Kier molecular flexibility index (Phi) is 5.89. The van der Waals surface area contributed by atoms with Crippen molar-refractivity contribution in [1.82, 2.24) is 15.0 Å². The van der Waals surface area contributed by atoms with Gasteiger partial charge < -0.3 is 20.3 Å². The molecule has 3 aromatic heterocycles. The van der Waals surface area contributed by atoms with Crippen LogP contribution in [-0.2, 0) is 4.79 Å². The van der Waals surface area contributed by atoms with Gasteiger partial charge in [0.05, 0.1) is 30.5 Å². The predicted molar refractivity (Wildman–Crippen MR) is 105 cm³/mol. The largest absolute Gasteiger partial charge is 0.395 e. The average molecular weight is 412 g/mol. The van der Waals surface area contributed by atoms with E-state index in [-0.39, 0.29) is 0 Å². The molecular formula is C15H14ClN5O3S2. The molecule has 0 aliphatic heterocycles. The number of rotatable bonds is 6. The second-order valence-corrected chi connectivity index (χ2v) is 6.82. The van der Waals surface area contributed by atoms with Crippen molar-refractivity contribution in [2.24, 2.45) is 5.92 Å². The van der Waals surface area contributed by atoms with Crippen molar-refractivity contribution < 1.29 is 15.0 Å². The molecule has 26 heavy (non-hydrogen) atoms. The van der Waals surface area contributed by atoms with Gasteiger partial charge in [-0.1, -0.05) is 35.8 Å². The summed E-state index contributed by atoms with van der Waals surface area (Å²) in [6, 6.07) is 5.33. The van der Waals surface area contributed by atoms with Crippen LogP contribution in [0.1, 0.15) is 0 Å². The second kappa shape index (κ2) is 8.14. The zero-order chi connectivity index (χ0) is 18.7. The van der Waals surface area contributed by atoms with Crippen LogP contribution >= 0.6 is 35.8 Å². The number of pyridine rings is 2. The molecule has 11 heteroatoms. The molecule has 3 rings (SSSR count). The van der Waals surface area contributed by atoms with Gasteiger partial charge in [0.15, 0.2) is 10.3 Å². The molecule has 136 valence electrons. The van der Waals surface area contributed by atoms with Crippen LogP contribution in [0, 0.1) is 5.92 Å². The number of carbonyl (C=O) groups excluding carboxylic acids is 1. The highest BCUT2D eigenvalue weighted by Gasteiger charge is 2.18. The minimum absolute atomic E-state index is 0.301. The van der Waals surface area contributed by atoms with Crippen molar-refractivity contribution in [2.75, 3.05) is 23.3 Å². The number of thiol groups is 1. The maximum atomic E-state index is 11.9. The molecule has 0 radical (unpaired) electrons. The number of anilines is 2. The fourth-order valence-corrected chi connectivity index (χ4v) is 3.36. The normalized spacial score (nSPS) is 11.1. The van der Waals surface area contributed by atoms with E-state index in [0.29, 0.717) is 32.0 Å². The number of hydrogen-bond donors (Lipinski definition) is 5. The van der Waals surface area contributed by atoms with E-state index in [0.717, 1.165) is 5.56 Å². The van der Waals surface area contributed by atoms with Crippen molar-refractivity contribution in [3.05, 3.63) is 29.5 Å². The molecule has 0 unspecified atom stereocenters. The maximum Gasteiger partial charge on any atom is 0.233 e. The average Bonchev–Trinajstić information content (AvgIpc) is 3.04. The lowest BCUT2D eigenvalue weighted by molar-refractivity contribution is -0.122. The lowest BCUT2D eigenvalue weighted by Crippen LogP contribution is -2.28. The number of nitrogens with zero attached hydrogens (tertiary/aromatic N) is 3. The molecule has 0 fully saturated rings. The van der Waals surface area contributed by atoms with Crippen molar-refractivity contribution in [3.63, 3.8) is 0 Å². The highest BCUT2D eigenvalue weighted by Crippen LogP contribution is 2.30. The number of amides is 1. The van der Waals surface area contributed by atoms with E-state index in [1.165, 1.54) is 11.3 Å². The third-order valence-corrected chi connectivity index (χ3v) is 4.98. The number of hydrogen-bond acceptors (Lipinski definition) is 9. The first-order valence-corrected chi connectivity index (χ1v) is 9.06. The summed E-state index contributed by atoms with van der Waals surface area (Å²) >= 11 is 11.1. The number of aliphatic hydroxyl groups excluding tert-OH is 2. The first-order chi connectivity index (χ1) is 12.5. The fraction of sp³-hybridized carbons (Fsp3) is 0.200. The van der Waals surface area contributed by atoms with Gasteiger partial charge in [-0.3, -0.25) is 4.79 Å². The molecular weight excluding hydrogens is 398 g/mol. The fourth-order valence-electron chi connectivity index (χ4n) is 2.13. The van der Waals surface area contributed by atoms with Crippen molar-refractivity contribution in [2.45, 2.75) is 0 Å². The van der Waals surface area contributed by atoms with Crippen molar-refractivity contribution in [1.29, 1.82) is 0 Å². The Morgan fingerprint density at radius 3 is 2.77 bits per heavy atom. The molecule has 0 saturated carbocycles. The summed E-state index contributed by atoms with van der Waals surface area (Å²) in [6.07, 6.45) is 1.60. The SMILES string of the molecule is O=C(Nc1nc2ccc(-c3cnc(Cl)c(NS)c3)nc2s1)C(CO)CO. The monoisotopic (exact) mass is 411 g/mol. The van der Waals surface area contributed by atoms with E-state index < -0.39 is 25.0 Å². The molecule has 4 N–H and O–H groups in total. The summed E-state index contributed by atoms with van der Waals surface area (Å²) in [4.78, 5) is 25.5. The Morgan fingerprint density at radius 1 is 1.31 bits per heavy atom. The van der Waals surface area contributed by atoms with E-state index in [1.807, 2.05) is 0 Å². The summed E-state index contributed by atoms with van der Waals surface area (Å²) < 4.78 is 2.66. The molecule has 0 aliphatic rings. The molecule has 0 aromatic carbocycles. The van der Waals surface area contributed by atoms with Crippen molar-refractivity contribution in [3.8, 4) is 11.3 Å². The number of nitrogens with one attached hydrogen (secondary N) is 2. The molecule has 3 heterocycles. The first-order valence-electron chi connectivity index (χ1n) is 7.42. The van der Waals surface area contributed by atoms with Gasteiger partial charge in [-0.05, 0) is 18.2 Å². The highest BCUT2D eigenvalue weighted by atomic mass is 35.5. The summed E-state index contributed by atoms with van der Waals surface area (Å²) in [5.41, 5.74) is 2.59. The topological polar surface area (TPSA) is 120 Å². The Hall–Kier alpha value is -1.98. The number of aromatic nitrogens is 3. The summed E-state index contributed by atoms with van der Waals surface area (Å²) in [7, 11) is 0. The van der Waals surface area contributed by atoms with Crippen LogP contribution in [0.3, 0.4) is 0 Å². The standard InChI is InChI=1S/C15H14ClN5O3S2/c16-12-11(21-25)3-7(4-17-12)9-1-2-10-14(18-9)26-15(19-10)20-13(24)8(5-22)6-23/h1-4,8,21-23,25H,5-6H2,(H,19,20,24). The third-order valence-electron chi connectivity index (χ3n) is 3.55. The smallest absolute Gasteiger partial charge is 0.233 e. The van der Waals surface area contributed by atoms with Gasteiger partial charge in [0.25, 0.3) is 0 Å². The lowest BCUT2D eigenvalue weighted by Gasteiger charge is -2.08. The van der Waals surface area contributed by atoms with Crippen LogP contribution in [0.2, 0.25) is 5.15 Å². The molecule has 0 bridgehead atoms. The molecule has 0 atom stereocenters. The molecule has 0 saturated heterocycles. The number of carbonyl (C=O) groups is 1. The molecule has 0 spiro atoms. The second-order valence-electron chi connectivity index (χ2n) is 5.27. The Labute approximate surface area is 162 Å². The van der Waals surface area contributed by atoms with Gasteiger partial charge >= 0.3 is 0 Å². The quantitative estimate of drug-likeness (QED) is 0.311. The summed E-state index contributed by atoms with van der Waals surface area (Å²) in [5, 5.41) is 21.3. The molecule has 3 aromatic rings. The van der Waals surface area contributed by atoms with Gasteiger partial charge in [0.2, 0.25) is 5.91 Å². The number of fused-ring (bicyclic) bond motifs is 1. The van der Waals surface area contributed by atoms with Crippen LogP contribution in [0.25, 0.3) is 21.6 Å². The van der Waals surface area contributed by atoms with Gasteiger partial charge in [-0.15, -0.1) is 0 Å². The zero-order valence-corrected chi connectivity index (χ0v) is 15.6. The maximum absolute atomic E-state index is 11.9. The summed E-state index contributed by atoms with van der Waals surface area (Å²) in [6.45, 7) is -0.887. The third kappa shape index (κ3) is 3.89. The van der Waals surface area contributed by atoms with Gasteiger partial charge in [0, 0.05) is 11.8 Å². The zero-order valence-electron chi connectivity index (χ0n) is 13.2. The van der Waals surface area contributed by atoms with Gasteiger partial charge in [-0.25, -0.2) is 15.0 Å².